The third-order valence-electron chi connectivity index (χ3n) is 3.96. The van der Waals surface area contributed by atoms with Crippen LogP contribution in [0, 0.1) is 0 Å². The number of nitrogens with zero attached hydrogens (tertiary/aromatic N) is 1. The molecule has 0 saturated heterocycles. The molecule has 1 aliphatic carbocycles. The lowest BCUT2D eigenvalue weighted by Gasteiger charge is -2.12. The number of pyridine rings is 1. The van der Waals surface area contributed by atoms with Gasteiger partial charge in [-0.3, -0.25) is 4.79 Å². The van der Waals surface area contributed by atoms with E-state index in [0.29, 0.717) is 22.2 Å². The van der Waals surface area contributed by atoms with Gasteiger partial charge in [-0.25, -0.2) is 9.78 Å². The van der Waals surface area contributed by atoms with Crippen molar-refractivity contribution in [2.75, 3.05) is 17.7 Å². The number of fused-ring (bicyclic) bond motifs is 1. The Labute approximate surface area is 165 Å². The quantitative estimate of drug-likeness (QED) is 0.557. The van der Waals surface area contributed by atoms with Crippen LogP contribution in [0.1, 0.15) is 40.6 Å². The summed E-state index contributed by atoms with van der Waals surface area (Å²) in [6.45, 7) is 2.10. The molecule has 0 aliphatic heterocycles. The van der Waals surface area contributed by atoms with E-state index in [9.17, 15) is 9.59 Å². The molecule has 0 unspecified atom stereocenters. The van der Waals surface area contributed by atoms with Crippen molar-refractivity contribution in [3.8, 4) is 0 Å². The molecule has 0 atom stereocenters. The lowest BCUT2D eigenvalue weighted by Crippen LogP contribution is -2.17. The van der Waals surface area contributed by atoms with Gasteiger partial charge in [-0.05, 0) is 50.3 Å². The van der Waals surface area contributed by atoms with E-state index in [-0.39, 0.29) is 17.6 Å². The first-order valence-corrected chi connectivity index (χ1v) is 10.6. The largest absolute Gasteiger partial charge is 0.462 e. The smallest absolute Gasteiger partial charge is 0.341 e. The van der Waals surface area contributed by atoms with Crippen LogP contribution in [0.4, 0.5) is 5.00 Å². The maximum absolute atomic E-state index is 12.4. The fourth-order valence-electron chi connectivity index (χ4n) is 2.82. The Balaban J connectivity index is 1.71. The van der Waals surface area contributed by atoms with Crippen LogP contribution in [0.5, 0.6) is 0 Å². The van der Waals surface area contributed by atoms with E-state index in [1.165, 1.54) is 28.0 Å². The fourth-order valence-corrected chi connectivity index (χ4v) is 4.87. The van der Waals surface area contributed by atoms with Crippen LogP contribution in [0.2, 0.25) is 5.02 Å². The maximum Gasteiger partial charge on any atom is 0.341 e. The zero-order valence-corrected chi connectivity index (χ0v) is 16.7. The Kier molecular flexibility index (Phi) is 6.56. The summed E-state index contributed by atoms with van der Waals surface area (Å²) in [5.41, 5.74) is 1.58. The number of thioether (sulfide) groups is 1. The molecule has 0 spiro atoms. The van der Waals surface area contributed by atoms with Crippen LogP contribution in [-0.4, -0.2) is 29.2 Å². The minimum absolute atomic E-state index is 0.170. The third-order valence-corrected chi connectivity index (χ3v) is 6.33. The lowest BCUT2D eigenvalue weighted by atomic mass is 9.95. The Hall–Kier alpha value is -1.57. The first kappa shape index (κ1) is 19.2. The minimum Gasteiger partial charge on any atom is -0.462 e. The topological polar surface area (TPSA) is 68.3 Å². The molecular formula is C18H19ClN2O3S2. The van der Waals surface area contributed by atoms with Crippen molar-refractivity contribution in [3.63, 3.8) is 0 Å². The number of hydrogen-bond acceptors (Lipinski definition) is 6. The van der Waals surface area contributed by atoms with E-state index in [4.69, 9.17) is 16.3 Å². The van der Waals surface area contributed by atoms with Crippen LogP contribution in [0.15, 0.2) is 23.4 Å². The Bertz CT molecular complexity index is 806. The fraction of sp³-hybridized carbons (Fsp3) is 0.389. The number of carbonyl (C=O) groups is 2. The summed E-state index contributed by atoms with van der Waals surface area (Å²) in [5.74, 6) is -0.315. The minimum atomic E-state index is -0.353. The van der Waals surface area contributed by atoms with E-state index in [2.05, 4.69) is 10.3 Å². The van der Waals surface area contributed by atoms with Crippen LogP contribution in [0.3, 0.4) is 0 Å². The Morgan fingerprint density at radius 3 is 2.88 bits per heavy atom. The molecule has 1 aliphatic rings. The molecule has 1 N–H and O–H groups in total. The summed E-state index contributed by atoms with van der Waals surface area (Å²) < 4.78 is 5.20. The molecule has 2 heterocycles. The summed E-state index contributed by atoms with van der Waals surface area (Å²) in [4.78, 5) is 30.1. The predicted molar refractivity (Wildman–Crippen MR) is 106 cm³/mol. The number of ether oxygens (including phenoxy) is 1. The zero-order valence-electron chi connectivity index (χ0n) is 14.3. The van der Waals surface area contributed by atoms with Crippen LogP contribution in [-0.2, 0) is 22.4 Å². The summed E-state index contributed by atoms with van der Waals surface area (Å²) in [6, 6.07) is 3.51. The lowest BCUT2D eigenvalue weighted by molar-refractivity contribution is -0.113. The van der Waals surface area contributed by atoms with Crippen molar-refractivity contribution < 1.29 is 14.3 Å². The van der Waals surface area contributed by atoms with Gasteiger partial charge in [0.1, 0.15) is 5.00 Å². The first-order chi connectivity index (χ1) is 12.6. The number of thiophene rings is 1. The van der Waals surface area contributed by atoms with Crippen molar-refractivity contribution in [1.82, 2.24) is 4.98 Å². The van der Waals surface area contributed by atoms with Gasteiger partial charge in [-0.15, -0.1) is 11.3 Å². The van der Waals surface area contributed by atoms with Gasteiger partial charge in [0.15, 0.2) is 0 Å². The molecule has 2 aromatic heterocycles. The van der Waals surface area contributed by atoms with E-state index in [1.807, 2.05) is 0 Å². The highest BCUT2D eigenvalue weighted by molar-refractivity contribution is 7.99. The molecule has 0 aromatic carbocycles. The molecule has 0 radical (unpaired) electrons. The number of rotatable bonds is 6. The van der Waals surface area contributed by atoms with E-state index >= 15 is 0 Å². The number of amides is 1. The number of carbonyl (C=O) groups excluding carboxylic acids is 2. The monoisotopic (exact) mass is 410 g/mol. The van der Waals surface area contributed by atoms with E-state index in [0.717, 1.165) is 36.3 Å². The first-order valence-electron chi connectivity index (χ1n) is 8.44. The normalized spacial score (nSPS) is 13.2. The number of anilines is 1. The average molecular weight is 411 g/mol. The van der Waals surface area contributed by atoms with Gasteiger partial charge in [-0.1, -0.05) is 23.4 Å². The van der Waals surface area contributed by atoms with Crippen LogP contribution < -0.4 is 5.32 Å². The highest BCUT2D eigenvalue weighted by atomic mass is 35.5. The number of aryl methyl sites for hydroxylation is 1. The SMILES string of the molecule is CCOC(=O)c1c(NC(=O)CSc2ccc(Cl)cn2)sc2c1CCCC2. The average Bonchev–Trinajstić information content (AvgIpc) is 2.99. The molecule has 0 bridgehead atoms. The summed E-state index contributed by atoms with van der Waals surface area (Å²) in [7, 11) is 0. The molecule has 1 amide bonds. The molecule has 3 rings (SSSR count). The number of esters is 1. The van der Waals surface area contributed by atoms with Crippen molar-refractivity contribution >= 4 is 51.6 Å². The molecular weight excluding hydrogens is 392 g/mol. The summed E-state index contributed by atoms with van der Waals surface area (Å²) in [6.07, 6.45) is 5.53. The third kappa shape index (κ3) is 4.58. The number of aromatic nitrogens is 1. The highest BCUT2D eigenvalue weighted by Crippen LogP contribution is 2.38. The number of hydrogen-bond donors (Lipinski definition) is 1. The highest BCUT2D eigenvalue weighted by Gasteiger charge is 2.27. The summed E-state index contributed by atoms with van der Waals surface area (Å²) >= 11 is 8.63. The number of nitrogens with one attached hydrogen (secondary N) is 1. The standard InChI is InChI=1S/C18H19ClN2O3S2/c1-2-24-18(23)16-12-5-3-4-6-13(12)26-17(16)21-14(22)10-25-15-8-7-11(19)9-20-15/h7-9H,2-6,10H2,1H3,(H,21,22). The molecule has 0 fully saturated rings. The van der Waals surface area contributed by atoms with E-state index < -0.39 is 0 Å². The van der Waals surface area contributed by atoms with Gasteiger partial charge < -0.3 is 10.1 Å². The van der Waals surface area contributed by atoms with E-state index in [1.54, 1.807) is 25.3 Å². The van der Waals surface area contributed by atoms with Crippen LogP contribution in [0.25, 0.3) is 0 Å². The summed E-state index contributed by atoms with van der Waals surface area (Å²) in [5, 5.41) is 4.77. The number of halogens is 1. The zero-order chi connectivity index (χ0) is 18.5. The van der Waals surface area contributed by atoms with Gasteiger partial charge in [-0.2, -0.15) is 0 Å². The Morgan fingerprint density at radius 1 is 1.35 bits per heavy atom. The van der Waals surface area contributed by atoms with Crippen molar-refractivity contribution in [2.45, 2.75) is 37.6 Å². The van der Waals surface area contributed by atoms with Gasteiger partial charge in [0, 0.05) is 11.1 Å². The van der Waals surface area contributed by atoms with Gasteiger partial charge >= 0.3 is 5.97 Å². The van der Waals surface area contributed by atoms with Gasteiger partial charge in [0.2, 0.25) is 5.91 Å². The molecule has 5 nitrogen and oxygen atoms in total. The molecule has 8 heteroatoms. The van der Waals surface area contributed by atoms with Gasteiger partial charge in [0.05, 0.1) is 28.0 Å². The van der Waals surface area contributed by atoms with Gasteiger partial charge in [0.25, 0.3) is 0 Å². The molecule has 2 aromatic rings. The maximum atomic E-state index is 12.4. The molecule has 138 valence electrons. The van der Waals surface area contributed by atoms with Crippen molar-refractivity contribution in [3.05, 3.63) is 39.4 Å². The Morgan fingerprint density at radius 2 is 2.15 bits per heavy atom. The van der Waals surface area contributed by atoms with Crippen molar-refractivity contribution in [2.24, 2.45) is 0 Å². The van der Waals surface area contributed by atoms with Crippen molar-refractivity contribution in [1.29, 1.82) is 0 Å². The second-order valence-electron chi connectivity index (χ2n) is 5.79. The second kappa shape index (κ2) is 8.88. The second-order valence-corrected chi connectivity index (χ2v) is 8.32. The molecule has 0 saturated carbocycles. The molecule has 26 heavy (non-hydrogen) atoms. The van der Waals surface area contributed by atoms with Crippen LogP contribution >= 0.6 is 34.7 Å². The predicted octanol–water partition coefficient (Wildman–Crippen LogP) is 4.58.